The highest BCUT2D eigenvalue weighted by Gasteiger charge is 2.26. The predicted octanol–water partition coefficient (Wildman–Crippen LogP) is 18.1. The molecular formula is C64H40N2O2. The van der Waals surface area contributed by atoms with Gasteiger partial charge in [0.25, 0.3) is 0 Å². The van der Waals surface area contributed by atoms with E-state index in [0.717, 1.165) is 100 Å². The molecule has 2 aromatic heterocycles. The number of hydrogen-bond acceptors (Lipinski definition) is 3. The number of para-hydroxylation sites is 7. The van der Waals surface area contributed by atoms with E-state index < -0.39 is 0 Å². The van der Waals surface area contributed by atoms with Crippen molar-refractivity contribution in [3.05, 3.63) is 243 Å². The molecule has 68 heavy (non-hydrogen) atoms. The highest BCUT2D eigenvalue weighted by Crippen LogP contribution is 2.49. The van der Waals surface area contributed by atoms with Gasteiger partial charge in [-0.1, -0.05) is 170 Å². The summed E-state index contributed by atoms with van der Waals surface area (Å²) in [5.74, 6) is 1.72. The van der Waals surface area contributed by atoms with E-state index in [-0.39, 0.29) is 0 Å². The summed E-state index contributed by atoms with van der Waals surface area (Å²) < 4.78 is 15.5. The lowest BCUT2D eigenvalue weighted by molar-refractivity contribution is 0.476. The first-order valence-corrected chi connectivity index (χ1v) is 23.2. The van der Waals surface area contributed by atoms with E-state index in [2.05, 4.69) is 234 Å². The molecule has 4 nitrogen and oxygen atoms in total. The Morgan fingerprint density at radius 1 is 0.353 bits per heavy atom. The minimum absolute atomic E-state index is 0.857. The van der Waals surface area contributed by atoms with Gasteiger partial charge in [0.2, 0.25) is 0 Å². The van der Waals surface area contributed by atoms with E-state index >= 15 is 0 Å². The van der Waals surface area contributed by atoms with Gasteiger partial charge in [-0.2, -0.15) is 0 Å². The molecule has 1 aliphatic heterocycles. The third-order valence-electron chi connectivity index (χ3n) is 13.8. The maximum absolute atomic E-state index is 6.70. The number of furan rings is 1. The molecule has 0 saturated heterocycles. The number of benzene rings is 11. The van der Waals surface area contributed by atoms with Gasteiger partial charge in [-0.3, -0.25) is 0 Å². The third-order valence-corrected chi connectivity index (χ3v) is 13.8. The Morgan fingerprint density at radius 3 is 1.87 bits per heavy atom. The number of aromatic nitrogens is 1. The summed E-state index contributed by atoms with van der Waals surface area (Å²) in [4.78, 5) is 2.42. The van der Waals surface area contributed by atoms with Crippen molar-refractivity contribution < 1.29 is 9.15 Å². The van der Waals surface area contributed by atoms with Gasteiger partial charge in [-0.05, 0) is 111 Å². The molecule has 4 heteroatoms. The van der Waals surface area contributed by atoms with E-state index in [1.807, 2.05) is 18.2 Å². The molecule has 11 aromatic carbocycles. The van der Waals surface area contributed by atoms with Crippen molar-refractivity contribution in [2.75, 3.05) is 4.90 Å². The van der Waals surface area contributed by atoms with E-state index in [0.29, 0.717) is 0 Å². The SMILES string of the molecule is c1cc(-c2ccc(N(c3ccccc3-c3ccc4c(c3)c3cccc5c3n4-c3ccccc3O5)c3ccccc3-c3cccc4c3oc3ccccc34)cc2)cc(-c2ccc3ccccc3c2)c1. The molecule has 0 atom stereocenters. The van der Waals surface area contributed by atoms with Crippen LogP contribution in [0.5, 0.6) is 11.5 Å². The zero-order chi connectivity index (χ0) is 44.7. The van der Waals surface area contributed by atoms with Gasteiger partial charge >= 0.3 is 0 Å². The molecule has 0 fully saturated rings. The summed E-state index contributed by atoms with van der Waals surface area (Å²) in [5, 5.41) is 7.03. The van der Waals surface area contributed by atoms with Crippen molar-refractivity contribution in [3.63, 3.8) is 0 Å². The van der Waals surface area contributed by atoms with E-state index in [4.69, 9.17) is 9.15 Å². The fraction of sp³-hybridized carbons (Fsp3) is 0. The monoisotopic (exact) mass is 868 g/mol. The van der Waals surface area contributed by atoms with Crippen LogP contribution in [0.25, 0.3) is 105 Å². The van der Waals surface area contributed by atoms with Gasteiger partial charge in [-0.25, -0.2) is 0 Å². The molecule has 0 N–H and O–H groups in total. The van der Waals surface area contributed by atoms with Crippen LogP contribution in [0.3, 0.4) is 0 Å². The third kappa shape index (κ3) is 6.01. The van der Waals surface area contributed by atoms with E-state index in [1.54, 1.807) is 0 Å². The molecule has 0 saturated carbocycles. The van der Waals surface area contributed by atoms with Gasteiger partial charge in [0, 0.05) is 43.9 Å². The topological polar surface area (TPSA) is 30.5 Å². The van der Waals surface area contributed by atoms with Crippen molar-refractivity contribution in [1.82, 2.24) is 4.57 Å². The molecule has 13 aromatic rings. The average molecular weight is 869 g/mol. The molecular weight excluding hydrogens is 829 g/mol. The highest BCUT2D eigenvalue weighted by molar-refractivity contribution is 6.14. The summed E-state index contributed by atoms with van der Waals surface area (Å²) in [6.45, 7) is 0. The molecule has 0 radical (unpaired) electrons. The first kappa shape index (κ1) is 38.2. The molecule has 0 aliphatic carbocycles. The predicted molar refractivity (Wildman–Crippen MR) is 282 cm³/mol. The van der Waals surface area contributed by atoms with Crippen LogP contribution in [0.1, 0.15) is 0 Å². The van der Waals surface area contributed by atoms with Crippen LogP contribution < -0.4 is 9.64 Å². The second-order valence-corrected chi connectivity index (χ2v) is 17.6. The summed E-state index contributed by atoms with van der Waals surface area (Å²) in [6, 6.07) is 87.1. The zero-order valence-corrected chi connectivity index (χ0v) is 36.8. The van der Waals surface area contributed by atoms with Crippen LogP contribution >= 0.6 is 0 Å². The average Bonchev–Trinajstić information content (AvgIpc) is 3.96. The van der Waals surface area contributed by atoms with Crippen molar-refractivity contribution >= 4 is 71.6 Å². The highest BCUT2D eigenvalue weighted by atomic mass is 16.5. The minimum Gasteiger partial charge on any atom is -0.455 e. The lowest BCUT2D eigenvalue weighted by Crippen LogP contribution is -2.12. The van der Waals surface area contributed by atoms with Crippen LogP contribution in [0.15, 0.2) is 247 Å². The van der Waals surface area contributed by atoms with Crippen molar-refractivity contribution in [3.8, 4) is 61.7 Å². The number of ether oxygens (including phenoxy) is 1. The number of rotatable bonds is 7. The lowest BCUT2D eigenvalue weighted by Gasteiger charge is -2.30. The van der Waals surface area contributed by atoms with Crippen LogP contribution in [-0.2, 0) is 0 Å². The number of fused-ring (bicyclic) bond motifs is 9. The summed E-state index contributed by atoms with van der Waals surface area (Å²) in [7, 11) is 0. The maximum Gasteiger partial charge on any atom is 0.152 e. The molecule has 3 heterocycles. The molecule has 14 rings (SSSR count). The second kappa shape index (κ2) is 15.2. The van der Waals surface area contributed by atoms with Crippen molar-refractivity contribution in [2.45, 2.75) is 0 Å². The summed E-state index contributed by atoms with van der Waals surface area (Å²) in [6.07, 6.45) is 0. The fourth-order valence-electron chi connectivity index (χ4n) is 10.6. The van der Waals surface area contributed by atoms with Gasteiger partial charge in [0.05, 0.1) is 28.1 Å². The molecule has 0 bridgehead atoms. The van der Waals surface area contributed by atoms with Crippen LogP contribution in [0, 0.1) is 0 Å². The Labute approximate surface area is 392 Å². The van der Waals surface area contributed by atoms with Gasteiger partial charge in [0.15, 0.2) is 11.5 Å². The Balaban J connectivity index is 0.943. The summed E-state index contributed by atoms with van der Waals surface area (Å²) in [5.41, 5.74) is 17.2. The lowest BCUT2D eigenvalue weighted by atomic mass is 9.96. The Morgan fingerprint density at radius 2 is 0.971 bits per heavy atom. The van der Waals surface area contributed by atoms with Gasteiger partial charge < -0.3 is 18.6 Å². The van der Waals surface area contributed by atoms with Crippen LogP contribution in [0.4, 0.5) is 17.1 Å². The Hall–Kier alpha value is -9.12. The Kier molecular flexibility index (Phi) is 8.55. The second-order valence-electron chi connectivity index (χ2n) is 17.6. The summed E-state index contributed by atoms with van der Waals surface area (Å²) >= 11 is 0. The first-order chi connectivity index (χ1) is 33.7. The molecule has 318 valence electrons. The number of anilines is 3. The fourth-order valence-corrected chi connectivity index (χ4v) is 10.6. The van der Waals surface area contributed by atoms with Crippen LogP contribution in [0.2, 0.25) is 0 Å². The molecule has 0 spiro atoms. The quantitative estimate of drug-likeness (QED) is 0.160. The van der Waals surface area contributed by atoms with Gasteiger partial charge in [0.1, 0.15) is 11.2 Å². The Bertz CT molecular complexity index is 4140. The first-order valence-electron chi connectivity index (χ1n) is 23.2. The van der Waals surface area contributed by atoms with E-state index in [1.165, 1.54) is 32.8 Å². The number of nitrogens with zero attached hydrogens (tertiary/aromatic N) is 2. The van der Waals surface area contributed by atoms with Crippen molar-refractivity contribution in [1.29, 1.82) is 0 Å². The molecule has 0 amide bonds. The number of hydrogen-bond donors (Lipinski definition) is 0. The smallest absolute Gasteiger partial charge is 0.152 e. The molecule has 0 unspecified atom stereocenters. The van der Waals surface area contributed by atoms with Gasteiger partial charge in [-0.15, -0.1) is 0 Å². The van der Waals surface area contributed by atoms with E-state index in [9.17, 15) is 0 Å². The van der Waals surface area contributed by atoms with Crippen molar-refractivity contribution in [2.24, 2.45) is 0 Å². The van der Waals surface area contributed by atoms with Crippen LogP contribution in [-0.4, -0.2) is 4.57 Å². The zero-order valence-electron chi connectivity index (χ0n) is 36.8. The largest absolute Gasteiger partial charge is 0.455 e. The minimum atomic E-state index is 0.857. The molecule has 1 aliphatic rings. The maximum atomic E-state index is 6.70. The normalized spacial score (nSPS) is 11.9. The standard InChI is InChI=1S/C64H40N2O2/c1-2-15-43-39-46(31-30-41(43)14-1)45-17-11-16-44(38-45)42-32-35-48(36-33-42)65(57-25-7-4-19-50(57)53-22-12-23-54-51-20-5-9-27-60(51)68-64(53)54)56-24-6-3-18-49(56)47-34-37-58-55(40-47)52-21-13-29-62-63(52)66(58)59-26-8-10-28-61(59)67-62/h1-40H.